The summed E-state index contributed by atoms with van der Waals surface area (Å²) in [6, 6.07) is 12.1. The van der Waals surface area contributed by atoms with E-state index in [1.54, 1.807) is 6.07 Å². The number of hydrogen-bond donors (Lipinski definition) is 1. The number of unbranched alkanes of at least 4 members (excludes halogenated alkanes) is 1. The Balaban J connectivity index is 1.92. The van der Waals surface area contributed by atoms with E-state index in [-0.39, 0.29) is 18.8 Å². The van der Waals surface area contributed by atoms with Crippen molar-refractivity contribution in [1.29, 1.82) is 0 Å². The van der Waals surface area contributed by atoms with E-state index >= 15 is 0 Å². The molecule has 0 radical (unpaired) electrons. The highest BCUT2D eigenvalue weighted by Crippen LogP contribution is 2.21. The lowest BCUT2D eigenvalue weighted by atomic mass is 10.1. The molecule has 0 saturated carbocycles. The van der Waals surface area contributed by atoms with Crippen LogP contribution in [0, 0.1) is 5.82 Å². The molecule has 0 fully saturated rings. The normalized spacial score (nSPS) is 10.5. The predicted octanol–water partition coefficient (Wildman–Crippen LogP) is 4.60. The number of rotatable bonds is 10. The van der Waals surface area contributed by atoms with E-state index in [0.29, 0.717) is 18.6 Å². The first-order valence-electron chi connectivity index (χ1n) is 8.43. The third-order valence-electron chi connectivity index (χ3n) is 3.68. The maximum atomic E-state index is 14.1. The molecule has 0 aliphatic carbocycles. The van der Waals surface area contributed by atoms with E-state index in [9.17, 15) is 9.18 Å². The van der Waals surface area contributed by atoms with Crippen LogP contribution >= 0.6 is 0 Å². The van der Waals surface area contributed by atoms with Crippen LogP contribution in [0.15, 0.2) is 42.5 Å². The maximum Gasteiger partial charge on any atom is 0.303 e. The highest BCUT2D eigenvalue weighted by atomic mass is 19.1. The Kier molecular flexibility index (Phi) is 7.26. The summed E-state index contributed by atoms with van der Waals surface area (Å²) in [6.07, 6.45) is 2.35. The molecule has 0 heterocycles. The summed E-state index contributed by atoms with van der Waals surface area (Å²) in [6.45, 7) is 3.01. The number of carboxylic acids is 1. The van der Waals surface area contributed by atoms with Crippen LogP contribution in [-0.4, -0.2) is 17.7 Å². The molecule has 25 heavy (non-hydrogen) atoms. The van der Waals surface area contributed by atoms with Crippen LogP contribution in [0.3, 0.4) is 0 Å². The van der Waals surface area contributed by atoms with Gasteiger partial charge in [-0.2, -0.15) is 0 Å². The summed E-state index contributed by atoms with van der Waals surface area (Å²) in [4.78, 5) is 10.6. The van der Waals surface area contributed by atoms with Gasteiger partial charge in [0.15, 0.2) is 11.6 Å². The fourth-order valence-corrected chi connectivity index (χ4v) is 2.29. The van der Waals surface area contributed by atoms with Crippen molar-refractivity contribution in [2.75, 3.05) is 6.61 Å². The minimum absolute atomic E-state index is 0.0233. The SMILES string of the molecule is CCCCOc1cccc(COc2ccc(CCC(=O)O)cc2F)c1. The summed E-state index contributed by atoms with van der Waals surface area (Å²) in [5.74, 6) is -0.463. The Labute approximate surface area is 147 Å². The molecule has 0 aliphatic heterocycles. The number of benzene rings is 2. The molecule has 1 N–H and O–H groups in total. The fraction of sp³-hybridized carbons (Fsp3) is 0.350. The van der Waals surface area contributed by atoms with E-state index < -0.39 is 11.8 Å². The van der Waals surface area contributed by atoms with Gasteiger partial charge in [-0.3, -0.25) is 4.79 Å². The lowest BCUT2D eigenvalue weighted by molar-refractivity contribution is -0.136. The van der Waals surface area contributed by atoms with Gasteiger partial charge in [0.2, 0.25) is 0 Å². The van der Waals surface area contributed by atoms with Gasteiger partial charge < -0.3 is 14.6 Å². The molecule has 2 rings (SSSR count). The zero-order valence-electron chi connectivity index (χ0n) is 14.3. The van der Waals surface area contributed by atoms with Crippen LogP contribution in [0.4, 0.5) is 4.39 Å². The molecule has 0 bridgehead atoms. The zero-order chi connectivity index (χ0) is 18.1. The number of carbonyl (C=O) groups is 1. The molecule has 0 aromatic heterocycles. The van der Waals surface area contributed by atoms with Gasteiger partial charge >= 0.3 is 5.97 Å². The summed E-state index contributed by atoms with van der Waals surface area (Å²) in [7, 11) is 0. The van der Waals surface area contributed by atoms with Crippen molar-refractivity contribution >= 4 is 5.97 Å². The second-order valence-electron chi connectivity index (χ2n) is 5.80. The molecule has 5 heteroatoms. The number of ether oxygens (including phenoxy) is 2. The smallest absolute Gasteiger partial charge is 0.303 e. The molecule has 2 aromatic rings. The van der Waals surface area contributed by atoms with E-state index in [4.69, 9.17) is 14.6 Å². The highest BCUT2D eigenvalue weighted by molar-refractivity contribution is 5.67. The van der Waals surface area contributed by atoms with Crippen LogP contribution in [0.1, 0.15) is 37.3 Å². The van der Waals surface area contributed by atoms with Crippen molar-refractivity contribution in [3.63, 3.8) is 0 Å². The van der Waals surface area contributed by atoms with Crippen LogP contribution in [-0.2, 0) is 17.8 Å². The first-order chi connectivity index (χ1) is 12.1. The Morgan fingerprint density at radius 1 is 1.12 bits per heavy atom. The predicted molar refractivity (Wildman–Crippen MR) is 93.5 cm³/mol. The molecule has 0 unspecified atom stereocenters. The Morgan fingerprint density at radius 3 is 2.68 bits per heavy atom. The van der Waals surface area contributed by atoms with E-state index in [1.165, 1.54) is 12.1 Å². The van der Waals surface area contributed by atoms with Gasteiger partial charge in [0.1, 0.15) is 12.4 Å². The molecule has 0 spiro atoms. The molecule has 134 valence electrons. The molecule has 0 amide bonds. The first kappa shape index (κ1) is 18.8. The quantitative estimate of drug-likeness (QED) is 0.639. The lowest BCUT2D eigenvalue weighted by Gasteiger charge is -2.10. The Hall–Kier alpha value is -2.56. The summed E-state index contributed by atoms with van der Waals surface area (Å²) in [5.41, 5.74) is 1.53. The topological polar surface area (TPSA) is 55.8 Å². The largest absolute Gasteiger partial charge is 0.494 e. The van der Waals surface area contributed by atoms with E-state index in [1.807, 2.05) is 24.3 Å². The van der Waals surface area contributed by atoms with Crippen LogP contribution < -0.4 is 9.47 Å². The van der Waals surface area contributed by atoms with Gasteiger partial charge in [0.05, 0.1) is 6.61 Å². The van der Waals surface area contributed by atoms with Crippen LogP contribution in [0.2, 0.25) is 0 Å². The fourth-order valence-electron chi connectivity index (χ4n) is 2.29. The van der Waals surface area contributed by atoms with Gasteiger partial charge in [-0.25, -0.2) is 4.39 Å². The van der Waals surface area contributed by atoms with Crippen LogP contribution in [0.25, 0.3) is 0 Å². The number of hydrogen-bond acceptors (Lipinski definition) is 3. The average Bonchev–Trinajstić information content (AvgIpc) is 2.60. The first-order valence-corrected chi connectivity index (χ1v) is 8.43. The number of carboxylic acid groups (broad SMARTS) is 1. The number of aliphatic carboxylic acids is 1. The van der Waals surface area contributed by atoms with Crippen molar-refractivity contribution in [3.05, 3.63) is 59.4 Å². The van der Waals surface area contributed by atoms with Gasteiger partial charge in [-0.05, 0) is 48.2 Å². The molecule has 2 aromatic carbocycles. The molecular formula is C20H23FO4. The minimum atomic E-state index is -0.901. The minimum Gasteiger partial charge on any atom is -0.494 e. The summed E-state index contributed by atoms with van der Waals surface area (Å²) >= 11 is 0. The monoisotopic (exact) mass is 346 g/mol. The molecule has 0 aliphatic rings. The molecule has 0 atom stereocenters. The average molecular weight is 346 g/mol. The van der Waals surface area contributed by atoms with Crippen molar-refractivity contribution in [3.8, 4) is 11.5 Å². The number of halogens is 1. The Bertz CT molecular complexity index is 700. The summed E-state index contributed by atoms with van der Waals surface area (Å²) in [5, 5.41) is 8.67. The lowest BCUT2D eigenvalue weighted by Crippen LogP contribution is -2.01. The van der Waals surface area contributed by atoms with Crippen molar-refractivity contribution in [2.24, 2.45) is 0 Å². The van der Waals surface area contributed by atoms with Crippen molar-refractivity contribution < 1.29 is 23.8 Å². The van der Waals surface area contributed by atoms with Gasteiger partial charge in [-0.1, -0.05) is 31.5 Å². The Morgan fingerprint density at radius 2 is 1.96 bits per heavy atom. The standard InChI is InChI=1S/C20H23FO4/c1-2-3-11-24-17-6-4-5-16(12-17)14-25-19-9-7-15(13-18(19)21)8-10-20(22)23/h4-7,9,12-13H,2-3,8,10-11,14H2,1H3,(H,22,23). The van der Waals surface area contributed by atoms with Crippen LogP contribution in [0.5, 0.6) is 11.5 Å². The summed E-state index contributed by atoms with van der Waals surface area (Å²) < 4.78 is 25.2. The van der Waals surface area contributed by atoms with Crippen molar-refractivity contribution in [2.45, 2.75) is 39.2 Å². The van der Waals surface area contributed by atoms with Crippen molar-refractivity contribution in [1.82, 2.24) is 0 Å². The van der Waals surface area contributed by atoms with Gasteiger partial charge in [0, 0.05) is 6.42 Å². The highest BCUT2D eigenvalue weighted by Gasteiger charge is 2.07. The second kappa shape index (κ2) is 9.67. The van der Waals surface area contributed by atoms with Gasteiger partial charge in [-0.15, -0.1) is 0 Å². The zero-order valence-corrected chi connectivity index (χ0v) is 14.3. The molecule has 4 nitrogen and oxygen atoms in total. The molecule has 0 saturated heterocycles. The van der Waals surface area contributed by atoms with E-state index in [2.05, 4.69) is 6.92 Å². The number of aryl methyl sites for hydroxylation is 1. The maximum absolute atomic E-state index is 14.1. The third-order valence-corrected chi connectivity index (χ3v) is 3.68. The molecular weight excluding hydrogens is 323 g/mol. The van der Waals surface area contributed by atoms with Gasteiger partial charge in [0.25, 0.3) is 0 Å². The van der Waals surface area contributed by atoms with E-state index in [0.717, 1.165) is 24.2 Å². The third kappa shape index (κ3) is 6.45. The second-order valence-corrected chi connectivity index (χ2v) is 5.80.